The summed E-state index contributed by atoms with van der Waals surface area (Å²) in [6.45, 7) is 9.68. The van der Waals surface area contributed by atoms with Crippen molar-refractivity contribution in [2.75, 3.05) is 25.0 Å². The van der Waals surface area contributed by atoms with Crippen LogP contribution >= 0.6 is 12.2 Å². The first-order chi connectivity index (χ1) is 8.56. The van der Waals surface area contributed by atoms with Crippen molar-refractivity contribution in [3.05, 3.63) is 24.0 Å². The highest BCUT2D eigenvalue weighted by Gasteiger charge is 2.07. The molecule has 4 nitrogen and oxygen atoms in total. The van der Waals surface area contributed by atoms with Gasteiger partial charge in [-0.1, -0.05) is 26.1 Å². The van der Waals surface area contributed by atoms with Gasteiger partial charge in [0.25, 0.3) is 0 Å². The molecule has 0 aliphatic carbocycles. The number of aromatic nitrogens is 1. The van der Waals surface area contributed by atoms with Gasteiger partial charge in [-0.15, -0.1) is 0 Å². The summed E-state index contributed by atoms with van der Waals surface area (Å²) in [4.78, 5) is 6.92. The van der Waals surface area contributed by atoms with Crippen molar-refractivity contribution in [2.24, 2.45) is 5.73 Å². The minimum absolute atomic E-state index is 0.331. The normalized spacial score (nSPS) is 12.4. The first-order valence-electron chi connectivity index (χ1n) is 6.31. The Balaban J connectivity index is 2.53. The van der Waals surface area contributed by atoms with Crippen LogP contribution in [0.25, 0.3) is 0 Å². The molecule has 0 bridgehead atoms. The van der Waals surface area contributed by atoms with Crippen LogP contribution in [0.3, 0.4) is 0 Å². The zero-order chi connectivity index (χ0) is 13.5. The molecule has 0 radical (unpaired) electrons. The molecular weight excluding hydrogens is 244 g/mol. The Bertz CT molecular complexity index is 373. The van der Waals surface area contributed by atoms with Gasteiger partial charge in [0.05, 0.1) is 17.6 Å². The van der Waals surface area contributed by atoms with E-state index in [-0.39, 0.29) is 0 Å². The van der Waals surface area contributed by atoms with Crippen molar-refractivity contribution in [1.82, 2.24) is 9.88 Å². The van der Waals surface area contributed by atoms with E-state index in [0.717, 1.165) is 25.3 Å². The van der Waals surface area contributed by atoms with Gasteiger partial charge in [0.15, 0.2) is 0 Å². The number of thiocarbonyl (C=S) groups is 1. The maximum atomic E-state index is 5.51. The fraction of sp³-hybridized carbons (Fsp3) is 0.538. The number of hydrogen-bond acceptors (Lipinski definition) is 4. The van der Waals surface area contributed by atoms with Gasteiger partial charge in [0.1, 0.15) is 4.99 Å². The third-order valence-corrected chi connectivity index (χ3v) is 3.06. The molecule has 1 unspecified atom stereocenters. The highest BCUT2D eigenvalue weighted by atomic mass is 32.1. The van der Waals surface area contributed by atoms with E-state index in [1.165, 1.54) is 0 Å². The third-order valence-electron chi connectivity index (χ3n) is 2.86. The van der Waals surface area contributed by atoms with Gasteiger partial charge >= 0.3 is 0 Å². The lowest BCUT2D eigenvalue weighted by Crippen LogP contribution is -2.34. The molecule has 3 N–H and O–H groups in total. The fourth-order valence-electron chi connectivity index (χ4n) is 1.82. The van der Waals surface area contributed by atoms with E-state index in [9.17, 15) is 0 Å². The highest BCUT2D eigenvalue weighted by molar-refractivity contribution is 7.80. The average molecular weight is 266 g/mol. The van der Waals surface area contributed by atoms with E-state index in [0.29, 0.717) is 16.7 Å². The lowest BCUT2D eigenvalue weighted by molar-refractivity contribution is 0.295. The largest absolute Gasteiger partial charge is 0.388 e. The van der Waals surface area contributed by atoms with E-state index >= 15 is 0 Å². The molecule has 0 fully saturated rings. The van der Waals surface area contributed by atoms with Gasteiger partial charge in [-0.05, 0) is 32.1 Å². The van der Waals surface area contributed by atoms with Crippen LogP contribution in [0.2, 0.25) is 0 Å². The van der Waals surface area contributed by atoms with Crippen LogP contribution in [0.4, 0.5) is 5.69 Å². The van der Waals surface area contributed by atoms with E-state index in [1.54, 1.807) is 6.20 Å². The molecule has 100 valence electrons. The van der Waals surface area contributed by atoms with Gasteiger partial charge < -0.3 is 16.0 Å². The second-order valence-electron chi connectivity index (χ2n) is 4.33. The number of nitrogens with two attached hydrogens (primary N) is 1. The predicted octanol–water partition coefficient (Wildman–Crippen LogP) is 1.86. The number of pyridine rings is 1. The Morgan fingerprint density at radius 2 is 2.11 bits per heavy atom. The Morgan fingerprint density at radius 1 is 1.44 bits per heavy atom. The van der Waals surface area contributed by atoms with E-state index in [1.807, 2.05) is 12.1 Å². The molecule has 1 aromatic heterocycles. The monoisotopic (exact) mass is 266 g/mol. The summed E-state index contributed by atoms with van der Waals surface area (Å²) in [5.74, 6) is 0. The lowest BCUT2D eigenvalue weighted by atomic mass is 10.2. The summed E-state index contributed by atoms with van der Waals surface area (Å²) in [6, 6.07) is 4.18. The molecule has 1 heterocycles. The highest BCUT2D eigenvalue weighted by Crippen LogP contribution is 2.08. The molecule has 5 heteroatoms. The van der Waals surface area contributed by atoms with Gasteiger partial charge in [-0.25, -0.2) is 0 Å². The Labute approximate surface area is 115 Å². The van der Waals surface area contributed by atoms with Crippen molar-refractivity contribution in [3.63, 3.8) is 0 Å². The Morgan fingerprint density at radius 3 is 2.56 bits per heavy atom. The Kier molecular flexibility index (Phi) is 6.01. The summed E-state index contributed by atoms with van der Waals surface area (Å²) in [5.41, 5.74) is 7.16. The number of anilines is 1. The van der Waals surface area contributed by atoms with Crippen LogP contribution in [0.5, 0.6) is 0 Å². The molecule has 18 heavy (non-hydrogen) atoms. The van der Waals surface area contributed by atoms with Gasteiger partial charge in [0.2, 0.25) is 0 Å². The van der Waals surface area contributed by atoms with Gasteiger partial charge in [0, 0.05) is 12.6 Å². The van der Waals surface area contributed by atoms with Crippen LogP contribution in [-0.4, -0.2) is 40.5 Å². The predicted molar refractivity (Wildman–Crippen MR) is 81.0 cm³/mol. The molecule has 0 aliphatic rings. The molecular formula is C13H22N4S. The number of hydrogen-bond donors (Lipinski definition) is 2. The molecule has 1 atom stereocenters. The maximum Gasteiger partial charge on any atom is 0.122 e. The SMILES string of the molecule is CCN(CC)CC(C)Nc1ccc(C(N)=S)nc1. The summed E-state index contributed by atoms with van der Waals surface area (Å²) >= 11 is 4.87. The standard InChI is InChI=1S/C13H22N4S/c1-4-17(5-2)9-10(3)16-11-6-7-12(13(14)18)15-8-11/h6-8,10,16H,4-5,9H2,1-3H3,(H2,14,18). The van der Waals surface area contributed by atoms with Crippen molar-refractivity contribution in [2.45, 2.75) is 26.8 Å². The molecule has 1 rings (SSSR count). The van der Waals surface area contributed by atoms with Crippen molar-refractivity contribution in [1.29, 1.82) is 0 Å². The van der Waals surface area contributed by atoms with Crippen molar-refractivity contribution >= 4 is 22.9 Å². The summed E-state index contributed by atoms with van der Waals surface area (Å²) in [5, 5.41) is 3.42. The molecule has 0 aliphatic heterocycles. The first kappa shape index (κ1) is 14.9. The van der Waals surface area contributed by atoms with Gasteiger partial charge in [-0.2, -0.15) is 0 Å². The molecule has 1 aromatic rings. The van der Waals surface area contributed by atoms with Crippen LogP contribution in [0, 0.1) is 0 Å². The van der Waals surface area contributed by atoms with Crippen LogP contribution < -0.4 is 11.1 Å². The number of rotatable bonds is 7. The minimum Gasteiger partial charge on any atom is -0.388 e. The van der Waals surface area contributed by atoms with Gasteiger partial charge in [-0.3, -0.25) is 4.98 Å². The Hall–Kier alpha value is -1.20. The smallest absolute Gasteiger partial charge is 0.122 e. The number of nitrogens with zero attached hydrogens (tertiary/aromatic N) is 2. The fourth-order valence-corrected chi connectivity index (χ4v) is 1.95. The molecule has 0 saturated carbocycles. The van der Waals surface area contributed by atoms with E-state index in [2.05, 4.69) is 36.0 Å². The summed E-state index contributed by atoms with van der Waals surface area (Å²) in [7, 11) is 0. The average Bonchev–Trinajstić information content (AvgIpc) is 2.36. The van der Waals surface area contributed by atoms with Crippen LogP contribution in [0.1, 0.15) is 26.5 Å². The summed E-state index contributed by atoms with van der Waals surface area (Å²) < 4.78 is 0. The third kappa shape index (κ3) is 4.58. The van der Waals surface area contributed by atoms with E-state index in [4.69, 9.17) is 18.0 Å². The second kappa shape index (κ2) is 7.28. The first-order valence-corrected chi connectivity index (χ1v) is 6.72. The number of likely N-dealkylation sites (N-methyl/N-ethyl adjacent to an activating group) is 1. The van der Waals surface area contributed by atoms with E-state index < -0.39 is 0 Å². The quantitative estimate of drug-likeness (QED) is 0.738. The van der Waals surface area contributed by atoms with Crippen LogP contribution in [-0.2, 0) is 0 Å². The molecule has 0 spiro atoms. The zero-order valence-electron chi connectivity index (χ0n) is 11.3. The second-order valence-corrected chi connectivity index (χ2v) is 4.77. The van der Waals surface area contributed by atoms with Crippen molar-refractivity contribution < 1.29 is 0 Å². The molecule has 0 amide bonds. The minimum atomic E-state index is 0.331. The lowest BCUT2D eigenvalue weighted by Gasteiger charge is -2.24. The molecule has 0 saturated heterocycles. The molecule has 0 aromatic carbocycles. The van der Waals surface area contributed by atoms with Crippen molar-refractivity contribution in [3.8, 4) is 0 Å². The summed E-state index contributed by atoms with van der Waals surface area (Å²) in [6.07, 6.45) is 1.77. The maximum absolute atomic E-state index is 5.51. The topological polar surface area (TPSA) is 54.2 Å². The number of nitrogens with one attached hydrogen (secondary N) is 1. The zero-order valence-corrected chi connectivity index (χ0v) is 12.1. The van der Waals surface area contributed by atoms with Crippen LogP contribution in [0.15, 0.2) is 18.3 Å².